The molecule has 2 heterocycles. The zero-order valence-electron chi connectivity index (χ0n) is 14.7. The van der Waals surface area contributed by atoms with Crippen molar-refractivity contribution in [1.82, 2.24) is 9.97 Å². The average molecular weight is 383 g/mol. The van der Waals surface area contributed by atoms with E-state index in [9.17, 15) is 13.2 Å². The van der Waals surface area contributed by atoms with Crippen molar-refractivity contribution in [2.45, 2.75) is 11.9 Å². The SMILES string of the molecule is Cc1cc(NC(=O)O)c(-c2ccccc2)nc1-c1ccc(S(C)(=O)=O)nc1. The Morgan fingerprint density at radius 3 is 2.30 bits per heavy atom. The first-order valence-corrected chi connectivity index (χ1v) is 9.88. The van der Waals surface area contributed by atoms with E-state index in [4.69, 9.17) is 5.11 Å². The molecule has 3 aromatic rings. The molecule has 0 saturated carbocycles. The Balaban J connectivity index is 2.15. The number of carboxylic acid groups (broad SMARTS) is 1. The maximum Gasteiger partial charge on any atom is 0.409 e. The van der Waals surface area contributed by atoms with Gasteiger partial charge in [-0.1, -0.05) is 30.3 Å². The van der Waals surface area contributed by atoms with Crippen molar-refractivity contribution in [2.24, 2.45) is 0 Å². The van der Waals surface area contributed by atoms with Crippen molar-refractivity contribution in [3.63, 3.8) is 0 Å². The number of aryl methyl sites for hydroxylation is 1. The zero-order chi connectivity index (χ0) is 19.6. The summed E-state index contributed by atoms with van der Waals surface area (Å²) in [7, 11) is -3.39. The highest BCUT2D eigenvalue weighted by Gasteiger charge is 2.16. The highest BCUT2D eigenvalue weighted by Crippen LogP contribution is 2.32. The molecule has 27 heavy (non-hydrogen) atoms. The van der Waals surface area contributed by atoms with E-state index in [-0.39, 0.29) is 5.03 Å². The largest absolute Gasteiger partial charge is 0.465 e. The van der Waals surface area contributed by atoms with Crippen molar-refractivity contribution < 1.29 is 18.3 Å². The number of rotatable bonds is 4. The first-order chi connectivity index (χ1) is 12.8. The van der Waals surface area contributed by atoms with Gasteiger partial charge in [0.2, 0.25) is 0 Å². The van der Waals surface area contributed by atoms with Gasteiger partial charge in [-0.05, 0) is 30.7 Å². The van der Waals surface area contributed by atoms with Crippen molar-refractivity contribution in [2.75, 3.05) is 11.6 Å². The summed E-state index contributed by atoms with van der Waals surface area (Å²) in [5, 5.41) is 11.5. The minimum Gasteiger partial charge on any atom is -0.465 e. The van der Waals surface area contributed by atoms with Crippen LogP contribution in [-0.2, 0) is 9.84 Å². The molecule has 1 amide bonds. The van der Waals surface area contributed by atoms with E-state index in [1.54, 1.807) is 19.1 Å². The molecular weight excluding hydrogens is 366 g/mol. The number of pyridine rings is 2. The lowest BCUT2D eigenvalue weighted by Gasteiger charge is -2.14. The first kappa shape index (κ1) is 18.5. The lowest BCUT2D eigenvalue weighted by molar-refractivity contribution is 0.209. The van der Waals surface area contributed by atoms with E-state index in [2.05, 4.69) is 15.3 Å². The Morgan fingerprint density at radius 1 is 1.04 bits per heavy atom. The van der Waals surface area contributed by atoms with Crippen LogP contribution in [0, 0.1) is 6.92 Å². The predicted octanol–water partition coefficient (Wildman–Crippen LogP) is 3.61. The topological polar surface area (TPSA) is 109 Å². The second-order valence-corrected chi connectivity index (χ2v) is 7.97. The molecule has 0 radical (unpaired) electrons. The average Bonchev–Trinajstić information content (AvgIpc) is 2.61. The monoisotopic (exact) mass is 383 g/mol. The summed E-state index contributed by atoms with van der Waals surface area (Å²) in [6, 6.07) is 14.0. The molecular formula is C19H17N3O4S. The molecule has 2 N–H and O–H groups in total. The van der Waals surface area contributed by atoms with Crippen LogP contribution in [-0.4, -0.2) is 35.8 Å². The molecule has 0 aliphatic carbocycles. The number of aromatic nitrogens is 2. The molecule has 138 valence electrons. The van der Waals surface area contributed by atoms with Crippen molar-refractivity contribution in [3.05, 3.63) is 60.3 Å². The van der Waals surface area contributed by atoms with Gasteiger partial charge in [-0.15, -0.1) is 0 Å². The molecule has 0 fully saturated rings. The summed E-state index contributed by atoms with van der Waals surface area (Å²) < 4.78 is 23.2. The van der Waals surface area contributed by atoms with E-state index in [0.29, 0.717) is 22.6 Å². The Morgan fingerprint density at radius 2 is 1.74 bits per heavy atom. The number of carbonyl (C=O) groups is 1. The zero-order valence-corrected chi connectivity index (χ0v) is 15.5. The third-order valence-corrected chi connectivity index (χ3v) is 4.89. The minimum atomic E-state index is -3.39. The van der Waals surface area contributed by atoms with E-state index in [1.165, 1.54) is 12.3 Å². The van der Waals surface area contributed by atoms with E-state index < -0.39 is 15.9 Å². The van der Waals surface area contributed by atoms with Gasteiger partial charge in [0.15, 0.2) is 14.9 Å². The summed E-state index contributed by atoms with van der Waals surface area (Å²) in [6.07, 6.45) is 1.36. The number of anilines is 1. The molecule has 0 atom stereocenters. The van der Waals surface area contributed by atoms with Crippen molar-refractivity contribution in [3.8, 4) is 22.5 Å². The van der Waals surface area contributed by atoms with Crippen LogP contribution >= 0.6 is 0 Å². The molecule has 0 bridgehead atoms. The maximum absolute atomic E-state index is 11.6. The van der Waals surface area contributed by atoms with Crippen LogP contribution < -0.4 is 5.32 Å². The van der Waals surface area contributed by atoms with Crippen LogP contribution in [0.4, 0.5) is 10.5 Å². The molecule has 0 unspecified atom stereocenters. The summed E-state index contributed by atoms with van der Waals surface area (Å²) in [5.74, 6) is 0. The van der Waals surface area contributed by atoms with Crippen LogP contribution in [0.3, 0.4) is 0 Å². The summed E-state index contributed by atoms with van der Waals surface area (Å²) in [6.45, 7) is 1.80. The summed E-state index contributed by atoms with van der Waals surface area (Å²) >= 11 is 0. The number of hydrogen-bond acceptors (Lipinski definition) is 5. The van der Waals surface area contributed by atoms with Gasteiger partial charge in [-0.3, -0.25) is 5.32 Å². The second kappa shape index (κ2) is 7.16. The van der Waals surface area contributed by atoms with Gasteiger partial charge in [-0.2, -0.15) is 0 Å². The van der Waals surface area contributed by atoms with Crippen LogP contribution in [0.15, 0.2) is 59.8 Å². The third-order valence-electron chi connectivity index (χ3n) is 3.89. The lowest BCUT2D eigenvalue weighted by atomic mass is 10.0. The summed E-state index contributed by atoms with van der Waals surface area (Å²) in [4.78, 5) is 19.8. The number of hydrogen-bond donors (Lipinski definition) is 2. The van der Waals surface area contributed by atoms with Crippen LogP contribution in [0.5, 0.6) is 0 Å². The molecule has 0 aliphatic heterocycles. The molecule has 0 aliphatic rings. The van der Waals surface area contributed by atoms with Gasteiger partial charge in [0, 0.05) is 23.6 Å². The van der Waals surface area contributed by atoms with Gasteiger partial charge in [0.25, 0.3) is 0 Å². The Kier molecular flexibility index (Phi) is 4.91. The quantitative estimate of drug-likeness (QED) is 0.712. The van der Waals surface area contributed by atoms with Gasteiger partial charge in [-0.25, -0.2) is 23.2 Å². The lowest BCUT2D eigenvalue weighted by Crippen LogP contribution is -2.10. The van der Waals surface area contributed by atoms with Gasteiger partial charge >= 0.3 is 6.09 Å². The Labute approximate surface area is 156 Å². The number of sulfone groups is 1. The molecule has 0 saturated heterocycles. The molecule has 1 aromatic carbocycles. The molecule has 0 spiro atoms. The van der Waals surface area contributed by atoms with Crippen LogP contribution in [0.25, 0.3) is 22.5 Å². The summed E-state index contributed by atoms with van der Waals surface area (Å²) in [5.41, 5.74) is 3.56. The third kappa shape index (κ3) is 4.12. The Hall–Kier alpha value is -3.26. The standard InChI is InChI=1S/C19H17N3O4S/c1-12-10-15(21-19(23)24)18(13-6-4-3-5-7-13)22-17(12)14-8-9-16(20-11-14)27(2,25)26/h3-11,21H,1-2H3,(H,23,24). The normalized spacial score (nSPS) is 11.2. The van der Waals surface area contributed by atoms with Crippen molar-refractivity contribution in [1.29, 1.82) is 0 Å². The highest BCUT2D eigenvalue weighted by atomic mass is 32.2. The number of nitrogens with zero attached hydrogens (tertiary/aromatic N) is 2. The van der Waals surface area contributed by atoms with Gasteiger partial charge in [0.1, 0.15) is 0 Å². The Bertz CT molecular complexity index is 1100. The van der Waals surface area contributed by atoms with E-state index >= 15 is 0 Å². The minimum absolute atomic E-state index is 0.0173. The van der Waals surface area contributed by atoms with Crippen LogP contribution in [0.2, 0.25) is 0 Å². The second-order valence-electron chi connectivity index (χ2n) is 6.00. The fraction of sp³-hybridized carbons (Fsp3) is 0.105. The molecule has 7 nitrogen and oxygen atoms in total. The molecule has 8 heteroatoms. The first-order valence-electron chi connectivity index (χ1n) is 7.99. The maximum atomic E-state index is 11.6. The molecule has 2 aromatic heterocycles. The number of benzene rings is 1. The highest BCUT2D eigenvalue weighted by molar-refractivity contribution is 7.90. The van der Waals surface area contributed by atoms with Crippen molar-refractivity contribution >= 4 is 21.6 Å². The predicted molar refractivity (Wildman–Crippen MR) is 102 cm³/mol. The molecule has 3 rings (SSSR count). The van der Waals surface area contributed by atoms with E-state index in [1.807, 2.05) is 30.3 Å². The van der Waals surface area contributed by atoms with Crippen LogP contribution in [0.1, 0.15) is 5.56 Å². The van der Waals surface area contributed by atoms with Gasteiger partial charge < -0.3 is 5.11 Å². The van der Waals surface area contributed by atoms with E-state index in [0.717, 1.165) is 17.4 Å². The number of amides is 1. The van der Waals surface area contributed by atoms with Gasteiger partial charge in [0.05, 0.1) is 17.1 Å². The number of nitrogens with one attached hydrogen (secondary N) is 1. The fourth-order valence-corrected chi connectivity index (χ4v) is 3.23. The smallest absolute Gasteiger partial charge is 0.409 e. The fourth-order valence-electron chi connectivity index (χ4n) is 2.67.